The maximum absolute atomic E-state index is 12.9. The molecule has 0 unspecified atom stereocenters. The number of carbonyl (C=O) groups excluding carboxylic acids is 1. The molecule has 0 spiro atoms. The molecule has 184 valence electrons. The zero-order chi connectivity index (χ0) is 25.8. The van der Waals surface area contributed by atoms with Gasteiger partial charge in [0.05, 0.1) is 28.1 Å². The predicted octanol–water partition coefficient (Wildman–Crippen LogP) is 5.29. The van der Waals surface area contributed by atoms with E-state index < -0.39 is 0 Å². The van der Waals surface area contributed by atoms with Crippen LogP contribution in [0.4, 0.5) is 34.1 Å². The lowest BCUT2D eigenvalue weighted by molar-refractivity contribution is -0.671. The monoisotopic (exact) mass is 490 g/mol. The van der Waals surface area contributed by atoms with Crippen molar-refractivity contribution in [2.24, 2.45) is 7.05 Å². The third-order valence-electron chi connectivity index (χ3n) is 6.26. The van der Waals surface area contributed by atoms with Crippen molar-refractivity contribution in [2.75, 3.05) is 21.7 Å². The highest BCUT2D eigenvalue weighted by Gasteiger charge is 2.12. The quantitative estimate of drug-likeness (QED) is 0.184. The normalized spacial score (nSPS) is 10.8. The first-order valence-corrected chi connectivity index (χ1v) is 12.2. The Balaban J connectivity index is 1.26. The maximum Gasteiger partial charge on any atom is 0.255 e. The Bertz CT molecular complexity index is 1560. The number of pyridine rings is 2. The van der Waals surface area contributed by atoms with Gasteiger partial charge in [-0.15, -0.1) is 0 Å². The van der Waals surface area contributed by atoms with E-state index in [0.717, 1.165) is 34.7 Å². The molecular weight excluding hydrogens is 460 g/mol. The second-order valence-corrected chi connectivity index (χ2v) is 8.87. The SMILES string of the molecule is CC[n+]1ccc(Nc2ccc(C(=O)Nc3ccc(Nc4cc[n+](C)cc4)c(N)c3)cc2)c2ccccc21. The number of nitrogen functional groups attached to an aromatic ring is 1. The van der Waals surface area contributed by atoms with Gasteiger partial charge in [-0.2, -0.15) is 4.57 Å². The standard InChI is InChI=1S/C30H28N6O/c1-3-36-19-16-27(25-6-4-5-7-29(25)36)32-22-10-8-21(9-11-22)30(37)34-24-12-13-28(26(31)20-24)33-23-14-17-35(2)18-15-23/h4-20H,3,31H2,1-2H3,(H,34,37)/p+2. The molecule has 0 saturated carbocycles. The number of carbonyl (C=O) groups is 1. The number of para-hydroxylation sites is 1. The summed E-state index contributed by atoms with van der Waals surface area (Å²) >= 11 is 0. The molecule has 7 heteroatoms. The minimum absolute atomic E-state index is 0.198. The Morgan fingerprint density at radius 2 is 1.46 bits per heavy atom. The van der Waals surface area contributed by atoms with Gasteiger partial charge in [-0.1, -0.05) is 12.1 Å². The molecule has 0 aliphatic heterocycles. The van der Waals surface area contributed by atoms with Crippen LogP contribution >= 0.6 is 0 Å². The van der Waals surface area contributed by atoms with Crippen molar-refractivity contribution in [3.63, 3.8) is 0 Å². The molecule has 37 heavy (non-hydrogen) atoms. The van der Waals surface area contributed by atoms with Gasteiger partial charge in [0.2, 0.25) is 5.52 Å². The number of amides is 1. The van der Waals surface area contributed by atoms with Crippen molar-refractivity contribution in [2.45, 2.75) is 13.5 Å². The van der Waals surface area contributed by atoms with Gasteiger partial charge >= 0.3 is 0 Å². The molecule has 0 saturated heterocycles. The Labute approximate surface area is 216 Å². The van der Waals surface area contributed by atoms with E-state index in [-0.39, 0.29) is 5.91 Å². The van der Waals surface area contributed by atoms with Crippen molar-refractivity contribution in [3.05, 3.63) is 109 Å². The minimum Gasteiger partial charge on any atom is -0.397 e. The van der Waals surface area contributed by atoms with E-state index in [1.54, 1.807) is 6.07 Å². The number of fused-ring (bicyclic) bond motifs is 1. The van der Waals surface area contributed by atoms with Crippen LogP contribution in [-0.2, 0) is 13.6 Å². The van der Waals surface area contributed by atoms with Crippen LogP contribution in [0.2, 0.25) is 0 Å². The number of hydrogen-bond donors (Lipinski definition) is 4. The number of nitrogens with two attached hydrogens (primary N) is 1. The Morgan fingerprint density at radius 1 is 0.784 bits per heavy atom. The highest BCUT2D eigenvalue weighted by Crippen LogP contribution is 2.27. The number of anilines is 6. The van der Waals surface area contributed by atoms with Crippen molar-refractivity contribution >= 4 is 50.9 Å². The highest BCUT2D eigenvalue weighted by atomic mass is 16.1. The first-order chi connectivity index (χ1) is 18.0. The Morgan fingerprint density at radius 3 is 2.19 bits per heavy atom. The van der Waals surface area contributed by atoms with E-state index in [9.17, 15) is 4.79 Å². The summed E-state index contributed by atoms with van der Waals surface area (Å²) in [6.45, 7) is 3.04. The zero-order valence-electron chi connectivity index (χ0n) is 20.9. The van der Waals surface area contributed by atoms with Crippen molar-refractivity contribution in [1.82, 2.24) is 0 Å². The van der Waals surface area contributed by atoms with Gasteiger partial charge in [0.25, 0.3) is 5.91 Å². The fourth-order valence-corrected chi connectivity index (χ4v) is 4.23. The summed E-state index contributed by atoms with van der Waals surface area (Å²) < 4.78 is 4.17. The lowest BCUT2D eigenvalue weighted by Gasteiger charge is -2.12. The van der Waals surface area contributed by atoms with Gasteiger partial charge in [-0.05, 0) is 55.5 Å². The van der Waals surface area contributed by atoms with Gasteiger partial charge in [0.1, 0.15) is 13.6 Å². The number of benzene rings is 3. The lowest BCUT2D eigenvalue weighted by Crippen LogP contribution is -2.32. The summed E-state index contributed by atoms with van der Waals surface area (Å²) in [6, 6.07) is 27.2. The van der Waals surface area contributed by atoms with E-state index in [1.165, 1.54) is 5.52 Å². The number of nitrogens with zero attached hydrogens (tertiary/aromatic N) is 2. The third-order valence-corrected chi connectivity index (χ3v) is 6.26. The van der Waals surface area contributed by atoms with Crippen molar-refractivity contribution < 1.29 is 13.9 Å². The fraction of sp³-hybridized carbons (Fsp3) is 0.100. The van der Waals surface area contributed by atoms with E-state index >= 15 is 0 Å². The number of rotatable bonds is 7. The summed E-state index contributed by atoms with van der Waals surface area (Å²) in [6.07, 6.45) is 5.99. The van der Waals surface area contributed by atoms with Gasteiger partial charge in [-0.3, -0.25) is 4.79 Å². The van der Waals surface area contributed by atoms with Crippen LogP contribution in [0, 0.1) is 0 Å². The first-order valence-electron chi connectivity index (χ1n) is 12.2. The molecule has 1 amide bonds. The molecule has 0 fully saturated rings. The molecule has 0 atom stereocenters. The summed E-state index contributed by atoms with van der Waals surface area (Å²) in [5, 5.41) is 10.9. The summed E-state index contributed by atoms with van der Waals surface area (Å²) in [4.78, 5) is 12.9. The Hall–Kier alpha value is -4.91. The van der Waals surface area contributed by atoms with Crippen LogP contribution in [0.25, 0.3) is 10.9 Å². The molecule has 0 aliphatic carbocycles. The van der Waals surface area contributed by atoms with E-state index in [1.807, 2.05) is 84.7 Å². The van der Waals surface area contributed by atoms with Crippen LogP contribution < -0.4 is 30.8 Å². The second-order valence-electron chi connectivity index (χ2n) is 8.87. The number of aryl methyl sites for hydroxylation is 2. The minimum atomic E-state index is -0.198. The summed E-state index contributed by atoms with van der Waals surface area (Å²) in [7, 11) is 1.96. The molecule has 0 bridgehead atoms. The van der Waals surface area contributed by atoms with Crippen molar-refractivity contribution in [3.8, 4) is 0 Å². The van der Waals surface area contributed by atoms with Crippen LogP contribution in [0.3, 0.4) is 0 Å². The van der Waals surface area contributed by atoms with Gasteiger partial charge in [0, 0.05) is 41.2 Å². The first kappa shape index (κ1) is 23.8. The molecule has 5 N–H and O–H groups in total. The van der Waals surface area contributed by atoms with Crippen LogP contribution in [0.15, 0.2) is 104 Å². The van der Waals surface area contributed by atoms with Crippen LogP contribution in [-0.4, -0.2) is 5.91 Å². The van der Waals surface area contributed by atoms with E-state index in [2.05, 4.69) is 51.8 Å². The van der Waals surface area contributed by atoms with E-state index in [0.29, 0.717) is 16.9 Å². The molecule has 3 aromatic carbocycles. The Kier molecular flexibility index (Phi) is 6.68. The van der Waals surface area contributed by atoms with Gasteiger partial charge < -0.3 is 21.7 Å². The molecule has 2 aromatic heterocycles. The van der Waals surface area contributed by atoms with Crippen LogP contribution in [0.5, 0.6) is 0 Å². The zero-order valence-corrected chi connectivity index (χ0v) is 20.9. The van der Waals surface area contributed by atoms with E-state index in [4.69, 9.17) is 5.73 Å². The number of hydrogen-bond acceptors (Lipinski definition) is 4. The topological polar surface area (TPSA) is 86.9 Å². The lowest BCUT2D eigenvalue weighted by atomic mass is 10.1. The largest absolute Gasteiger partial charge is 0.397 e. The number of aromatic nitrogens is 2. The average molecular weight is 491 g/mol. The molecule has 5 rings (SSSR count). The molecule has 2 heterocycles. The second kappa shape index (κ2) is 10.4. The highest BCUT2D eigenvalue weighted by molar-refractivity contribution is 6.05. The molecule has 0 radical (unpaired) electrons. The van der Waals surface area contributed by atoms with Crippen molar-refractivity contribution in [1.29, 1.82) is 0 Å². The van der Waals surface area contributed by atoms with Crippen LogP contribution in [0.1, 0.15) is 17.3 Å². The maximum atomic E-state index is 12.9. The number of nitrogens with one attached hydrogen (secondary N) is 3. The third kappa shape index (κ3) is 5.36. The summed E-state index contributed by atoms with van der Waals surface area (Å²) in [5.74, 6) is -0.198. The molecule has 7 nitrogen and oxygen atoms in total. The van der Waals surface area contributed by atoms with Gasteiger partial charge in [-0.25, -0.2) is 4.57 Å². The predicted molar refractivity (Wildman–Crippen MR) is 149 cm³/mol. The van der Waals surface area contributed by atoms with Gasteiger partial charge in [0.15, 0.2) is 18.6 Å². The average Bonchev–Trinajstić information content (AvgIpc) is 2.92. The molecule has 0 aliphatic rings. The molecular formula is C30H30N6O+2. The summed E-state index contributed by atoms with van der Waals surface area (Å²) in [5.41, 5.74) is 12.8. The molecule has 5 aromatic rings. The fourth-order valence-electron chi connectivity index (χ4n) is 4.23. The smallest absolute Gasteiger partial charge is 0.255 e.